The highest BCUT2D eigenvalue weighted by atomic mass is 28.3. The average Bonchev–Trinajstić information content (AvgIpc) is 3.83. The number of hydrogen-bond donors (Lipinski definition) is 0. The van der Waals surface area contributed by atoms with Crippen molar-refractivity contribution in [2.45, 2.75) is 0 Å². The Labute approximate surface area is 348 Å². The van der Waals surface area contributed by atoms with Crippen molar-refractivity contribution in [1.82, 2.24) is 19.5 Å². The summed E-state index contributed by atoms with van der Waals surface area (Å²) in [4.78, 5) is 15.4. The van der Waals surface area contributed by atoms with Crippen LogP contribution in [-0.4, -0.2) is 27.6 Å². The molecule has 0 unspecified atom stereocenters. The Morgan fingerprint density at radius 3 is 1.57 bits per heavy atom. The summed E-state index contributed by atoms with van der Waals surface area (Å²) < 4.78 is 2.22. The summed E-state index contributed by atoms with van der Waals surface area (Å²) in [6.07, 6.45) is 0. The van der Waals surface area contributed by atoms with Crippen LogP contribution in [0.1, 0.15) is 0 Å². The Morgan fingerprint density at radius 1 is 0.350 bits per heavy atom. The minimum absolute atomic E-state index is 0.586. The predicted octanol–water partition coefficient (Wildman–Crippen LogP) is 10.5. The van der Waals surface area contributed by atoms with Gasteiger partial charge in [0, 0.05) is 21.9 Å². The summed E-state index contributed by atoms with van der Waals surface area (Å²) in [5, 5.41) is 10.4. The van der Waals surface area contributed by atoms with Crippen LogP contribution in [0.15, 0.2) is 218 Å². The van der Waals surface area contributed by atoms with Crippen LogP contribution < -0.4 is 20.7 Å². The summed E-state index contributed by atoms with van der Waals surface area (Å²) >= 11 is 0. The molecule has 0 fully saturated rings. The number of hydrogen-bond acceptors (Lipinski definition) is 3. The molecule has 0 atom stereocenters. The second-order valence-corrected chi connectivity index (χ2v) is 19.3. The van der Waals surface area contributed by atoms with Gasteiger partial charge < -0.3 is 0 Å². The van der Waals surface area contributed by atoms with Crippen molar-refractivity contribution < 1.29 is 0 Å². The van der Waals surface area contributed by atoms with Crippen LogP contribution in [0.3, 0.4) is 0 Å². The minimum atomic E-state index is -2.58. The molecule has 11 aromatic rings. The third kappa shape index (κ3) is 5.19. The van der Waals surface area contributed by atoms with Crippen molar-refractivity contribution in [2.75, 3.05) is 0 Å². The maximum Gasteiger partial charge on any atom is 0.238 e. The molecule has 5 heteroatoms. The Hall–Kier alpha value is -7.73. The van der Waals surface area contributed by atoms with Crippen molar-refractivity contribution in [1.29, 1.82) is 0 Å². The molecule has 60 heavy (non-hydrogen) atoms. The molecule has 0 saturated heterocycles. The maximum atomic E-state index is 5.20. The van der Waals surface area contributed by atoms with E-state index in [1.165, 1.54) is 59.2 Å². The number of nitrogens with zero attached hydrogens (tertiary/aromatic N) is 4. The van der Waals surface area contributed by atoms with E-state index in [0.717, 1.165) is 27.5 Å². The monoisotopic (exact) mass is 780 g/mol. The SMILES string of the molecule is c1ccc(-c2nc(-c3ccccc3)nc(-n3c4ccc(-c5ccc6c(c5)-c5ccccc5[Si]6(c5ccccc5)c5ccccc5)cc4c4c5ccccc5ccc43)n2)cc1. The second-order valence-electron chi connectivity index (χ2n) is 15.6. The highest BCUT2D eigenvalue weighted by Gasteiger charge is 2.48. The van der Waals surface area contributed by atoms with Crippen LogP contribution in [0.5, 0.6) is 0 Å². The van der Waals surface area contributed by atoms with Crippen LogP contribution in [-0.2, 0) is 0 Å². The van der Waals surface area contributed by atoms with E-state index in [4.69, 9.17) is 15.0 Å². The van der Waals surface area contributed by atoms with Gasteiger partial charge in [-0.05, 0) is 78.0 Å². The lowest BCUT2D eigenvalue weighted by molar-refractivity contribution is 0.953. The normalized spacial score (nSPS) is 12.8. The smallest absolute Gasteiger partial charge is 0.238 e. The van der Waals surface area contributed by atoms with E-state index in [9.17, 15) is 0 Å². The lowest BCUT2D eigenvalue weighted by atomic mass is 9.97. The van der Waals surface area contributed by atoms with Crippen molar-refractivity contribution in [3.05, 3.63) is 218 Å². The van der Waals surface area contributed by atoms with Crippen LogP contribution in [0.4, 0.5) is 0 Å². The Morgan fingerprint density at radius 2 is 0.883 bits per heavy atom. The molecule has 9 aromatic carbocycles. The lowest BCUT2D eigenvalue weighted by Crippen LogP contribution is -2.72. The number of aromatic nitrogens is 4. The van der Waals surface area contributed by atoms with E-state index in [-0.39, 0.29) is 0 Å². The highest BCUT2D eigenvalue weighted by Crippen LogP contribution is 2.40. The van der Waals surface area contributed by atoms with E-state index in [1.807, 2.05) is 36.4 Å². The van der Waals surface area contributed by atoms with Crippen molar-refractivity contribution in [2.24, 2.45) is 0 Å². The first-order valence-electron chi connectivity index (χ1n) is 20.4. The van der Waals surface area contributed by atoms with Gasteiger partial charge in [-0.1, -0.05) is 194 Å². The highest BCUT2D eigenvalue weighted by molar-refractivity contribution is 7.22. The minimum Gasteiger partial charge on any atom is -0.278 e. The van der Waals surface area contributed by atoms with E-state index >= 15 is 0 Å². The molecule has 280 valence electrons. The first kappa shape index (κ1) is 34.3. The summed E-state index contributed by atoms with van der Waals surface area (Å²) in [6.45, 7) is 0. The molecule has 1 aliphatic rings. The van der Waals surface area contributed by atoms with E-state index < -0.39 is 8.07 Å². The quantitative estimate of drug-likeness (QED) is 0.158. The van der Waals surface area contributed by atoms with Crippen molar-refractivity contribution in [3.8, 4) is 51.0 Å². The fraction of sp³-hybridized carbons (Fsp3) is 0. The van der Waals surface area contributed by atoms with Gasteiger partial charge in [0.25, 0.3) is 0 Å². The first-order chi connectivity index (χ1) is 29.8. The van der Waals surface area contributed by atoms with Gasteiger partial charge in [0.1, 0.15) is 0 Å². The average molecular weight is 781 g/mol. The molecule has 2 aromatic heterocycles. The van der Waals surface area contributed by atoms with Crippen LogP contribution >= 0.6 is 0 Å². The lowest BCUT2D eigenvalue weighted by Gasteiger charge is -2.31. The second kappa shape index (κ2) is 13.7. The molecular weight excluding hydrogens is 745 g/mol. The van der Waals surface area contributed by atoms with Gasteiger partial charge in [0.15, 0.2) is 19.7 Å². The molecule has 1 aliphatic heterocycles. The number of fused-ring (bicyclic) bond motifs is 8. The maximum absolute atomic E-state index is 5.20. The zero-order chi connectivity index (χ0) is 39.6. The van der Waals surface area contributed by atoms with E-state index in [2.05, 4.69) is 187 Å². The zero-order valence-electron chi connectivity index (χ0n) is 32.6. The largest absolute Gasteiger partial charge is 0.278 e. The molecular formula is C55H36N4Si. The van der Waals surface area contributed by atoms with Gasteiger partial charge in [0.05, 0.1) is 11.0 Å². The standard InChI is InChI=1S/C55H36N4Si/c1-5-18-38(19-6-1)53-56-54(39-20-7-2-8-21-39)58-55(57-53)59-48-32-30-40(36-47(48)52-44-26-14-13-17-37(44)29-33-49(52)59)41-31-34-51-46(35-41)45-27-15-16-28-50(45)60(51,42-22-9-3-10-23-42)43-24-11-4-12-25-43/h1-36H. The number of benzene rings is 9. The van der Waals surface area contributed by atoms with Gasteiger partial charge in [0.2, 0.25) is 5.95 Å². The number of rotatable bonds is 6. The third-order valence-corrected chi connectivity index (χ3v) is 17.2. The summed E-state index contributed by atoms with van der Waals surface area (Å²) in [5.41, 5.74) is 8.98. The van der Waals surface area contributed by atoms with E-state index in [1.54, 1.807) is 0 Å². The zero-order valence-corrected chi connectivity index (χ0v) is 33.6. The molecule has 4 nitrogen and oxygen atoms in total. The Bertz CT molecular complexity index is 3320. The van der Waals surface area contributed by atoms with Gasteiger partial charge in [-0.2, -0.15) is 9.97 Å². The van der Waals surface area contributed by atoms with Gasteiger partial charge in [-0.15, -0.1) is 0 Å². The molecule has 0 saturated carbocycles. The van der Waals surface area contributed by atoms with Crippen LogP contribution in [0.25, 0.3) is 83.6 Å². The van der Waals surface area contributed by atoms with Crippen molar-refractivity contribution in [3.63, 3.8) is 0 Å². The third-order valence-electron chi connectivity index (χ3n) is 12.3. The van der Waals surface area contributed by atoms with Gasteiger partial charge >= 0.3 is 0 Å². The molecule has 3 heterocycles. The van der Waals surface area contributed by atoms with E-state index in [0.29, 0.717) is 17.6 Å². The fourth-order valence-electron chi connectivity index (χ4n) is 9.71. The van der Waals surface area contributed by atoms with Gasteiger partial charge in [-0.3, -0.25) is 4.57 Å². The Kier molecular flexibility index (Phi) is 7.83. The summed E-state index contributed by atoms with van der Waals surface area (Å²) in [6, 6.07) is 79.1. The fourth-order valence-corrected chi connectivity index (χ4v) is 14.9. The van der Waals surface area contributed by atoms with Crippen LogP contribution in [0.2, 0.25) is 0 Å². The molecule has 0 bridgehead atoms. The van der Waals surface area contributed by atoms with Gasteiger partial charge in [-0.25, -0.2) is 4.98 Å². The molecule has 0 N–H and O–H groups in total. The summed E-state index contributed by atoms with van der Waals surface area (Å²) in [7, 11) is -2.58. The van der Waals surface area contributed by atoms with Crippen LogP contribution in [0, 0.1) is 0 Å². The predicted molar refractivity (Wildman–Crippen MR) is 251 cm³/mol. The Balaban J connectivity index is 1.10. The van der Waals surface area contributed by atoms with Crippen molar-refractivity contribution >= 4 is 61.4 Å². The summed E-state index contributed by atoms with van der Waals surface area (Å²) in [5.74, 6) is 1.86. The molecule has 12 rings (SSSR count). The molecule has 0 spiro atoms. The molecule has 0 radical (unpaired) electrons. The molecule has 0 aliphatic carbocycles. The molecule has 0 amide bonds. The topological polar surface area (TPSA) is 43.6 Å². The first-order valence-corrected chi connectivity index (χ1v) is 22.4.